The minimum atomic E-state index is -0.621. The third kappa shape index (κ3) is 3.74. The van der Waals surface area contributed by atoms with Gasteiger partial charge in [0.2, 0.25) is 0 Å². The van der Waals surface area contributed by atoms with E-state index >= 15 is 0 Å². The van der Waals surface area contributed by atoms with Crippen LogP contribution in [0.15, 0.2) is 18.2 Å². The van der Waals surface area contributed by atoms with Crippen LogP contribution < -0.4 is 5.32 Å². The Bertz CT molecular complexity index is 504. The highest BCUT2D eigenvalue weighted by atomic mass is 16.6. The molecule has 1 aromatic carbocycles. The van der Waals surface area contributed by atoms with Crippen molar-refractivity contribution in [1.29, 1.82) is 0 Å². The summed E-state index contributed by atoms with van der Waals surface area (Å²) >= 11 is 0. The predicted octanol–water partition coefficient (Wildman–Crippen LogP) is 2.68. The largest absolute Gasteiger partial charge is 0.317 e. The normalized spacial score (nSPS) is 13.8. The van der Waals surface area contributed by atoms with E-state index in [1.807, 2.05) is 20.9 Å². The Kier molecular flexibility index (Phi) is 5.57. The molecule has 2 unspecified atom stereocenters. The molecule has 1 N–H and O–H groups in total. The summed E-state index contributed by atoms with van der Waals surface area (Å²) in [5, 5.41) is 24.9. The Morgan fingerprint density at radius 3 is 2.35 bits per heavy atom. The number of rotatable bonds is 7. The summed E-state index contributed by atoms with van der Waals surface area (Å²) < 4.78 is 0. The van der Waals surface area contributed by atoms with Crippen molar-refractivity contribution >= 4 is 11.4 Å². The van der Waals surface area contributed by atoms with Crippen LogP contribution in [-0.4, -0.2) is 22.9 Å². The Morgan fingerprint density at radius 1 is 1.25 bits per heavy atom. The fourth-order valence-corrected chi connectivity index (χ4v) is 2.20. The average Bonchev–Trinajstić information content (AvgIpc) is 2.43. The molecular formula is C13H19N3O4. The topological polar surface area (TPSA) is 98.3 Å². The first kappa shape index (κ1) is 16.0. The summed E-state index contributed by atoms with van der Waals surface area (Å²) in [5.74, 6) is 0.236. The van der Waals surface area contributed by atoms with Gasteiger partial charge in [-0.25, -0.2) is 0 Å². The molecule has 0 aliphatic rings. The molecule has 20 heavy (non-hydrogen) atoms. The second-order valence-electron chi connectivity index (χ2n) is 4.78. The Morgan fingerprint density at radius 2 is 1.90 bits per heavy atom. The Hall–Kier alpha value is -2.02. The van der Waals surface area contributed by atoms with Gasteiger partial charge in [0.15, 0.2) is 0 Å². The molecule has 0 bridgehead atoms. The molecule has 0 radical (unpaired) electrons. The maximum atomic E-state index is 11.1. The molecule has 7 nitrogen and oxygen atoms in total. The molecule has 0 amide bonds. The third-order valence-corrected chi connectivity index (χ3v) is 3.65. The van der Waals surface area contributed by atoms with Gasteiger partial charge in [0, 0.05) is 17.7 Å². The van der Waals surface area contributed by atoms with Gasteiger partial charge in [0.1, 0.15) is 0 Å². The number of hydrogen-bond donors (Lipinski definition) is 1. The molecule has 0 aromatic heterocycles. The molecular weight excluding hydrogens is 262 g/mol. The summed E-state index contributed by atoms with van der Waals surface area (Å²) in [4.78, 5) is 20.6. The Balaban J connectivity index is 3.11. The maximum Gasteiger partial charge on any atom is 0.279 e. The fraction of sp³-hybridized carbons (Fsp3) is 0.538. The summed E-state index contributed by atoms with van der Waals surface area (Å²) in [6.45, 7) is 4.04. The van der Waals surface area contributed by atoms with Gasteiger partial charge in [-0.15, -0.1) is 0 Å². The molecule has 2 atom stereocenters. The summed E-state index contributed by atoms with van der Waals surface area (Å²) in [7, 11) is 1.84. The molecule has 1 rings (SSSR count). The lowest BCUT2D eigenvalue weighted by atomic mass is 9.90. The highest BCUT2D eigenvalue weighted by molar-refractivity contribution is 5.49. The molecule has 0 heterocycles. The molecule has 0 aliphatic heterocycles. The molecule has 0 fully saturated rings. The van der Waals surface area contributed by atoms with Crippen LogP contribution in [0.1, 0.15) is 25.8 Å². The van der Waals surface area contributed by atoms with Crippen molar-refractivity contribution in [2.45, 2.75) is 32.7 Å². The van der Waals surface area contributed by atoms with Crippen molar-refractivity contribution in [2.75, 3.05) is 7.05 Å². The minimum Gasteiger partial charge on any atom is -0.317 e. The highest BCUT2D eigenvalue weighted by Crippen LogP contribution is 2.28. The van der Waals surface area contributed by atoms with E-state index in [0.29, 0.717) is 12.0 Å². The zero-order valence-electron chi connectivity index (χ0n) is 11.8. The van der Waals surface area contributed by atoms with Gasteiger partial charge in [-0.05, 0) is 32.4 Å². The predicted molar refractivity (Wildman–Crippen MR) is 75.8 cm³/mol. The van der Waals surface area contributed by atoms with Crippen molar-refractivity contribution in [3.63, 3.8) is 0 Å². The van der Waals surface area contributed by atoms with E-state index in [-0.39, 0.29) is 23.3 Å². The zero-order chi connectivity index (χ0) is 15.3. The van der Waals surface area contributed by atoms with Crippen LogP contribution >= 0.6 is 0 Å². The van der Waals surface area contributed by atoms with Crippen molar-refractivity contribution in [3.8, 4) is 0 Å². The molecule has 0 aliphatic carbocycles. The number of benzene rings is 1. The van der Waals surface area contributed by atoms with Crippen LogP contribution in [0.3, 0.4) is 0 Å². The van der Waals surface area contributed by atoms with Crippen molar-refractivity contribution in [3.05, 3.63) is 44.0 Å². The number of hydrogen-bond acceptors (Lipinski definition) is 5. The van der Waals surface area contributed by atoms with Crippen LogP contribution in [0.25, 0.3) is 0 Å². The van der Waals surface area contributed by atoms with E-state index in [9.17, 15) is 20.2 Å². The minimum absolute atomic E-state index is 0.180. The standard InChI is InChI=1S/C13H19N3O4/c1-4-10(9(2)14-3)7-11-5-6-12(15(17)18)8-13(11)16(19)20/h5-6,8-10,14H,4,7H2,1-3H3. The van der Waals surface area contributed by atoms with Gasteiger partial charge in [-0.1, -0.05) is 13.3 Å². The first-order chi connectivity index (χ1) is 9.40. The van der Waals surface area contributed by atoms with E-state index in [1.54, 1.807) is 0 Å². The molecule has 110 valence electrons. The number of non-ortho nitro benzene ring substituents is 1. The third-order valence-electron chi connectivity index (χ3n) is 3.65. The van der Waals surface area contributed by atoms with Crippen LogP contribution in [0.5, 0.6) is 0 Å². The second-order valence-corrected chi connectivity index (χ2v) is 4.78. The SMILES string of the molecule is CCC(Cc1ccc([N+](=O)[O-])cc1[N+](=O)[O-])C(C)NC. The lowest BCUT2D eigenvalue weighted by Gasteiger charge is -2.22. The molecule has 1 aromatic rings. The monoisotopic (exact) mass is 281 g/mol. The van der Waals surface area contributed by atoms with Gasteiger partial charge in [-0.3, -0.25) is 20.2 Å². The number of nitro groups is 2. The number of nitro benzene ring substituents is 2. The van der Waals surface area contributed by atoms with Gasteiger partial charge in [0.05, 0.1) is 15.9 Å². The first-order valence-electron chi connectivity index (χ1n) is 6.49. The van der Waals surface area contributed by atoms with Gasteiger partial charge >= 0.3 is 0 Å². The van der Waals surface area contributed by atoms with Gasteiger partial charge < -0.3 is 5.32 Å². The van der Waals surface area contributed by atoms with Gasteiger partial charge in [0.25, 0.3) is 11.4 Å². The van der Waals surface area contributed by atoms with E-state index in [1.165, 1.54) is 12.1 Å². The van der Waals surface area contributed by atoms with Gasteiger partial charge in [-0.2, -0.15) is 0 Å². The van der Waals surface area contributed by atoms with E-state index in [0.717, 1.165) is 12.5 Å². The van der Waals surface area contributed by atoms with Crippen LogP contribution in [0.2, 0.25) is 0 Å². The lowest BCUT2D eigenvalue weighted by molar-refractivity contribution is -0.394. The smallest absolute Gasteiger partial charge is 0.279 e. The van der Waals surface area contributed by atoms with E-state index in [2.05, 4.69) is 5.32 Å². The second kappa shape index (κ2) is 6.95. The summed E-state index contributed by atoms with van der Waals surface area (Å²) in [5.41, 5.74) is 0.102. The highest BCUT2D eigenvalue weighted by Gasteiger charge is 2.23. The Labute approximate surface area is 117 Å². The quantitative estimate of drug-likeness (QED) is 0.612. The lowest BCUT2D eigenvalue weighted by Crippen LogP contribution is -2.31. The van der Waals surface area contributed by atoms with Crippen LogP contribution in [0.4, 0.5) is 11.4 Å². The van der Waals surface area contributed by atoms with Crippen LogP contribution in [0, 0.1) is 26.1 Å². The average molecular weight is 281 g/mol. The molecule has 7 heteroatoms. The van der Waals surface area contributed by atoms with Crippen molar-refractivity contribution in [1.82, 2.24) is 5.32 Å². The maximum absolute atomic E-state index is 11.1. The molecule has 0 saturated carbocycles. The van der Waals surface area contributed by atoms with Crippen molar-refractivity contribution in [2.24, 2.45) is 5.92 Å². The van der Waals surface area contributed by atoms with Crippen LogP contribution in [-0.2, 0) is 6.42 Å². The molecule has 0 saturated heterocycles. The first-order valence-corrected chi connectivity index (χ1v) is 6.49. The van der Waals surface area contributed by atoms with E-state index in [4.69, 9.17) is 0 Å². The summed E-state index contributed by atoms with van der Waals surface area (Å²) in [6, 6.07) is 4.06. The number of nitrogens with one attached hydrogen (secondary N) is 1. The van der Waals surface area contributed by atoms with E-state index < -0.39 is 9.85 Å². The number of nitrogens with zero attached hydrogens (tertiary/aromatic N) is 2. The zero-order valence-corrected chi connectivity index (χ0v) is 11.8. The molecule has 0 spiro atoms. The van der Waals surface area contributed by atoms with Crippen molar-refractivity contribution < 1.29 is 9.85 Å². The fourth-order valence-electron chi connectivity index (χ4n) is 2.20. The summed E-state index contributed by atoms with van der Waals surface area (Å²) in [6.07, 6.45) is 1.39.